The van der Waals surface area contributed by atoms with Gasteiger partial charge >= 0.3 is 0 Å². The van der Waals surface area contributed by atoms with Gasteiger partial charge in [0.25, 0.3) is 5.69 Å². The Morgan fingerprint density at radius 2 is 1.87 bits per heavy atom. The fourth-order valence-electron chi connectivity index (χ4n) is 2.64. The molecular formula is C19H25FIN5O4S. The molecule has 0 spiro atoms. The number of benzene rings is 2. The number of aliphatic imine (C=N–C) groups is 1. The summed E-state index contributed by atoms with van der Waals surface area (Å²) in [6.45, 7) is 2.87. The Bertz CT molecular complexity index is 1060. The van der Waals surface area contributed by atoms with E-state index in [9.17, 15) is 22.9 Å². The second-order valence-electron chi connectivity index (χ2n) is 6.57. The molecule has 0 radical (unpaired) electrons. The molecule has 0 aliphatic carbocycles. The van der Waals surface area contributed by atoms with Gasteiger partial charge in [-0.2, -0.15) is 0 Å². The molecule has 12 heteroatoms. The fraction of sp³-hybridized carbons (Fsp3) is 0.316. The van der Waals surface area contributed by atoms with Crippen LogP contribution in [0.1, 0.15) is 11.1 Å². The van der Waals surface area contributed by atoms with Crippen molar-refractivity contribution in [1.82, 2.24) is 10.6 Å². The molecule has 0 unspecified atom stereocenters. The Morgan fingerprint density at radius 3 is 2.45 bits per heavy atom. The zero-order chi connectivity index (χ0) is 22.3. The first-order chi connectivity index (χ1) is 14.1. The van der Waals surface area contributed by atoms with E-state index in [0.717, 1.165) is 17.9 Å². The van der Waals surface area contributed by atoms with Crippen LogP contribution in [0.3, 0.4) is 0 Å². The first-order valence-electron chi connectivity index (χ1n) is 9.03. The van der Waals surface area contributed by atoms with Crippen LogP contribution in [0.5, 0.6) is 0 Å². The number of nitro groups is 1. The molecule has 9 nitrogen and oxygen atoms in total. The molecule has 0 amide bonds. The summed E-state index contributed by atoms with van der Waals surface area (Å²) in [5.74, 6) is 0.256. The number of aryl methyl sites for hydroxylation is 1. The zero-order valence-corrected chi connectivity index (χ0v) is 20.5. The first kappa shape index (κ1) is 26.6. The Morgan fingerprint density at radius 1 is 1.16 bits per heavy atom. The summed E-state index contributed by atoms with van der Waals surface area (Å²) in [5.41, 5.74) is 1.37. The highest BCUT2D eigenvalue weighted by Crippen LogP contribution is 2.27. The molecule has 3 N–H and O–H groups in total. The summed E-state index contributed by atoms with van der Waals surface area (Å²) in [5, 5.41) is 20.3. The number of hydrogen-bond acceptors (Lipinski definition) is 6. The summed E-state index contributed by atoms with van der Waals surface area (Å²) < 4.78 is 36.5. The lowest BCUT2D eigenvalue weighted by Gasteiger charge is -2.13. The second-order valence-corrected chi connectivity index (χ2v) is 8.59. The first-order valence-corrected chi connectivity index (χ1v) is 10.9. The molecule has 2 rings (SSSR count). The molecule has 0 bridgehead atoms. The third-order valence-electron chi connectivity index (χ3n) is 4.23. The average Bonchev–Trinajstić information content (AvgIpc) is 2.69. The summed E-state index contributed by atoms with van der Waals surface area (Å²) >= 11 is 0. The molecular weight excluding hydrogens is 540 g/mol. The quantitative estimate of drug-likeness (QED) is 0.112. The van der Waals surface area contributed by atoms with Crippen molar-refractivity contribution in [3.63, 3.8) is 0 Å². The lowest BCUT2D eigenvalue weighted by molar-refractivity contribution is -0.384. The van der Waals surface area contributed by atoms with Crippen LogP contribution in [-0.4, -0.2) is 45.7 Å². The molecule has 0 fully saturated rings. The molecule has 0 aliphatic rings. The van der Waals surface area contributed by atoms with E-state index in [1.54, 1.807) is 26.1 Å². The largest absolute Gasteiger partial charge is 0.378 e. The van der Waals surface area contributed by atoms with E-state index in [1.165, 1.54) is 18.2 Å². The summed E-state index contributed by atoms with van der Waals surface area (Å²) in [6.07, 6.45) is 0.995. The molecule has 0 saturated carbocycles. The van der Waals surface area contributed by atoms with Crippen LogP contribution in [0.2, 0.25) is 0 Å². The van der Waals surface area contributed by atoms with Gasteiger partial charge in [0.1, 0.15) is 11.5 Å². The summed E-state index contributed by atoms with van der Waals surface area (Å²) in [7, 11) is -1.93. The standard InChI is InChI=1S/C19H24FN5O4S.HI/c1-13-10-14(4-6-16(13)20)12-24-19(21-2)23-9-8-22-17-7-5-15(30(3,28)29)11-18(17)25(26)27;/h4-7,10-11,22H,8-9,12H2,1-3H3,(H2,21,23,24);1H. The smallest absolute Gasteiger partial charge is 0.293 e. The molecule has 31 heavy (non-hydrogen) atoms. The minimum absolute atomic E-state index is 0. The Kier molecular flexibility index (Phi) is 10.1. The Balaban J connectivity index is 0.00000480. The van der Waals surface area contributed by atoms with Crippen molar-refractivity contribution < 1.29 is 17.7 Å². The average molecular weight is 565 g/mol. The van der Waals surface area contributed by atoms with Crippen molar-refractivity contribution in [3.05, 3.63) is 63.5 Å². The van der Waals surface area contributed by atoms with E-state index >= 15 is 0 Å². The maximum Gasteiger partial charge on any atom is 0.293 e. The van der Waals surface area contributed by atoms with Crippen LogP contribution in [0.25, 0.3) is 0 Å². The van der Waals surface area contributed by atoms with Crippen LogP contribution < -0.4 is 16.0 Å². The lowest BCUT2D eigenvalue weighted by Crippen LogP contribution is -2.39. The normalized spacial score (nSPS) is 11.4. The van der Waals surface area contributed by atoms with Crippen molar-refractivity contribution in [2.45, 2.75) is 18.4 Å². The van der Waals surface area contributed by atoms with Crippen LogP contribution in [-0.2, 0) is 16.4 Å². The van der Waals surface area contributed by atoms with Gasteiger partial charge in [-0.05, 0) is 36.2 Å². The molecule has 0 saturated heterocycles. The van der Waals surface area contributed by atoms with Crippen LogP contribution >= 0.6 is 24.0 Å². The Labute approximate surface area is 197 Å². The Hall–Kier alpha value is -2.48. The van der Waals surface area contributed by atoms with Crippen LogP contribution in [0.4, 0.5) is 15.8 Å². The van der Waals surface area contributed by atoms with Gasteiger partial charge in [0.15, 0.2) is 15.8 Å². The van der Waals surface area contributed by atoms with E-state index in [1.807, 2.05) is 0 Å². The number of halogens is 2. The number of nitrogens with zero attached hydrogens (tertiary/aromatic N) is 2. The number of anilines is 1. The highest BCUT2D eigenvalue weighted by Gasteiger charge is 2.18. The number of guanidine groups is 1. The van der Waals surface area contributed by atoms with Crippen LogP contribution in [0.15, 0.2) is 46.3 Å². The van der Waals surface area contributed by atoms with Gasteiger partial charge in [-0.3, -0.25) is 15.1 Å². The highest BCUT2D eigenvalue weighted by atomic mass is 127. The van der Waals surface area contributed by atoms with Gasteiger partial charge < -0.3 is 16.0 Å². The van der Waals surface area contributed by atoms with E-state index in [2.05, 4.69) is 20.9 Å². The van der Waals surface area contributed by atoms with Crippen molar-refractivity contribution in [2.24, 2.45) is 4.99 Å². The van der Waals surface area contributed by atoms with Gasteiger partial charge in [-0.15, -0.1) is 24.0 Å². The summed E-state index contributed by atoms with van der Waals surface area (Å²) in [6, 6.07) is 8.58. The minimum atomic E-state index is -3.54. The molecule has 170 valence electrons. The second kappa shape index (κ2) is 11.8. The number of nitrogens with one attached hydrogen (secondary N) is 3. The zero-order valence-electron chi connectivity index (χ0n) is 17.3. The number of hydrogen-bond donors (Lipinski definition) is 3. The van der Waals surface area contributed by atoms with Gasteiger partial charge in [0.05, 0.1) is 9.82 Å². The third kappa shape index (κ3) is 7.94. The number of rotatable bonds is 8. The van der Waals surface area contributed by atoms with Gasteiger partial charge in [-0.25, -0.2) is 12.8 Å². The molecule has 0 aliphatic heterocycles. The number of sulfone groups is 1. The molecule has 0 aromatic heterocycles. The monoisotopic (exact) mass is 565 g/mol. The third-order valence-corrected chi connectivity index (χ3v) is 5.34. The fourth-order valence-corrected chi connectivity index (χ4v) is 3.28. The molecule has 2 aromatic rings. The van der Waals surface area contributed by atoms with Crippen molar-refractivity contribution in [2.75, 3.05) is 31.7 Å². The predicted octanol–water partition coefficient (Wildman–Crippen LogP) is 2.84. The van der Waals surface area contributed by atoms with Crippen LogP contribution in [0, 0.1) is 22.9 Å². The maximum atomic E-state index is 13.3. The number of nitro benzene ring substituents is 1. The topological polar surface area (TPSA) is 126 Å². The maximum absolute atomic E-state index is 13.3. The van der Waals surface area contributed by atoms with Crippen molar-refractivity contribution in [3.8, 4) is 0 Å². The van der Waals surface area contributed by atoms with E-state index in [0.29, 0.717) is 31.2 Å². The van der Waals surface area contributed by atoms with E-state index in [-0.39, 0.29) is 46.1 Å². The minimum Gasteiger partial charge on any atom is -0.378 e. The van der Waals surface area contributed by atoms with Crippen molar-refractivity contribution in [1.29, 1.82) is 0 Å². The molecule has 0 atom stereocenters. The summed E-state index contributed by atoms with van der Waals surface area (Å²) in [4.78, 5) is 14.6. The van der Waals surface area contributed by atoms with Gasteiger partial charge in [0.2, 0.25) is 0 Å². The van der Waals surface area contributed by atoms with E-state index < -0.39 is 14.8 Å². The van der Waals surface area contributed by atoms with Gasteiger partial charge in [-0.1, -0.05) is 12.1 Å². The SMILES string of the molecule is CN=C(NCCNc1ccc(S(C)(=O)=O)cc1[N+](=O)[O-])NCc1ccc(F)c(C)c1.I. The lowest BCUT2D eigenvalue weighted by atomic mass is 10.1. The predicted molar refractivity (Wildman–Crippen MR) is 129 cm³/mol. The molecule has 0 heterocycles. The van der Waals surface area contributed by atoms with Gasteiger partial charge in [0, 0.05) is 39.0 Å². The van der Waals surface area contributed by atoms with E-state index in [4.69, 9.17) is 0 Å². The molecule has 2 aromatic carbocycles. The van der Waals surface area contributed by atoms with Crippen molar-refractivity contribution >= 4 is 51.1 Å². The highest BCUT2D eigenvalue weighted by molar-refractivity contribution is 14.0.